The summed E-state index contributed by atoms with van der Waals surface area (Å²) in [5.74, 6) is -0.199. The van der Waals surface area contributed by atoms with Crippen LogP contribution in [-0.4, -0.2) is 32.6 Å². The van der Waals surface area contributed by atoms with Gasteiger partial charge in [-0.1, -0.05) is 24.3 Å². The Labute approximate surface area is 230 Å². The molecule has 0 atom stereocenters. The summed E-state index contributed by atoms with van der Waals surface area (Å²) in [5.41, 5.74) is 1.57. The molecular formula is C31H22O10. The van der Waals surface area contributed by atoms with Crippen LogP contribution in [0.15, 0.2) is 104 Å². The summed E-state index contributed by atoms with van der Waals surface area (Å²) >= 11 is 0. The first-order chi connectivity index (χ1) is 19.7. The average Bonchev–Trinajstić information content (AvgIpc) is 2.94. The predicted molar refractivity (Wildman–Crippen MR) is 151 cm³/mol. The van der Waals surface area contributed by atoms with Crippen molar-refractivity contribution in [3.63, 3.8) is 0 Å². The zero-order chi connectivity index (χ0) is 29.3. The maximum atomic E-state index is 12.5. The molecule has 0 amide bonds. The second-order valence-corrected chi connectivity index (χ2v) is 8.91. The molecule has 2 heterocycles. The Kier molecular flexibility index (Phi) is 6.96. The third-order valence-corrected chi connectivity index (χ3v) is 6.27. The molecule has 0 unspecified atom stereocenters. The lowest BCUT2D eigenvalue weighted by atomic mass is 10.0. The standard InChI is InChI=1S/C16H12O5.C15H10O5/c1-20-15-6-11-14(7-13(15)18)21-8-12(16(11)19)9-2-4-10(17)5-3-9;16-9-3-1-8(2-4-9)11-7-20-13-6-10(17)5-12(18)14(13)15(11)19/h2-8,17-18H,1H3;1-7,16-18H. The number of aromatic hydroxyl groups is 5. The monoisotopic (exact) mass is 554 g/mol. The van der Waals surface area contributed by atoms with Gasteiger partial charge in [0.1, 0.15) is 52.1 Å². The topological polar surface area (TPSA) is 171 Å². The van der Waals surface area contributed by atoms with Crippen LogP contribution in [0.1, 0.15) is 0 Å². The molecular weight excluding hydrogens is 532 g/mol. The minimum atomic E-state index is -0.408. The number of hydrogen-bond donors (Lipinski definition) is 5. The third kappa shape index (κ3) is 5.21. The number of methoxy groups -OCH3 is 1. The number of benzene rings is 4. The fraction of sp³-hybridized carbons (Fsp3) is 0.0323. The van der Waals surface area contributed by atoms with Crippen molar-refractivity contribution < 1.29 is 39.1 Å². The highest BCUT2D eigenvalue weighted by Crippen LogP contribution is 2.32. The van der Waals surface area contributed by atoms with Crippen molar-refractivity contribution in [2.24, 2.45) is 0 Å². The van der Waals surface area contributed by atoms with Crippen LogP contribution in [-0.2, 0) is 0 Å². The van der Waals surface area contributed by atoms with Crippen LogP contribution in [0.2, 0.25) is 0 Å². The summed E-state index contributed by atoms with van der Waals surface area (Å²) in [6, 6.07) is 17.4. The van der Waals surface area contributed by atoms with Gasteiger partial charge in [0.25, 0.3) is 0 Å². The van der Waals surface area contributed by atoms with Crippen molar-refractivity contribution in [1.82, 2.24) is 0 Å². The third-order valence-electron chi connectivity index (χ3n) is 6.27. The molecule has 0 aliphatic carbocycles. The van der Waals surface area contributed by atoms with E-state index in [9.17, 15) is 35.1 Å². The SMILES string of the molecule is COc1cc2c(=O)c(-c3ccc(O)cc3)coc2cc1O.O=c1c(-c2ccc(O)cc2)coc2cc(O)cc(O)c12. The van der Waals surface area contributed by atoms with Crippen molar-refractivity contribution in [2.45, 2.75) is 0 Å². The van der Waals surface area contributed by atoms with Gasteiger partial charge in [-0.2, -0.15) is 0 Å². The van der Waals surface area contributed by atoms with Crippen LogP contribution in [0.4, 0.5) is 0 Å². The Morgan fingerprint density at radius 1 is 0.585 bits per heavy atom. The number of phenols is 5. The Morgan fingerprint density at radius 3 is 1.68 bits per heavy atom. The summed E-state index contributed by atoms with van der Waals surface area (Å²) in [5, 5.41) is 47.7. The van der Waals surface area contributed by atoms with E-state index in [-0.39, 0.29) is 62.0 Å². The first-order valence-corrected chi connectivity index (χ1v) is 12.0. The van der Waals surface area contributed by atoms with E-state index in [0.717, 1.165) is 6.07 Å². The lowest BCUT2D eigenvalue weighted by molar-refractivity contribution is 0.373. The molecule has 0 bridgehead atoms. The predicted octanol–water partition coefficient (Wildman–Crippen LogP) is 5.46. The summed E-state index contributed by atoms with van der Waals surface area (Å²) in [4.78, 5) is 24.9. The highest BCUT2D eigenvalue weighted by Gasteiger charge is 2.14. The Morgan fingerprint density at radius 2 is 1.12 bits per heavy atom. The molecule has 0 aliphatic heterocycles. The van der Waals surface area contributed by atoms with Gasteiger partial charge >= 0.3 is 0 Å². The van der Waals surface area contributed by atoms with E-state index in [4.69, 9.17) is 13.6 Å². The van der Waals surface area contributed by atoms with Crippen LogP contribution in [0.25, 0.3) is 44.2 Å². The van der Waals surface area contributed by atoms with E-state index >= 15 is 0 Å². The van der Waals surface area contributed by atoms with Gasteiger partial charge in [-0.3, -0.25) is 9.59 Å². The quantitative estimate of drug-likeness (QED) is 0.189. The second kappa shape index (κ2) is 10.7. The van der Waals surface area contributed by atoms with Gasteiger partial charge in [0.15, 0.2) is 11.5 Å². The van der Waals surface area contributed by atoms with Gasteiger partial charge < -0.3 is 39.1 Å². The highest BCUT2D eigenvalue weighted by molar-refractivity contribution is 5.88. The molecule has 0 saturated heterocycles. The minimum absolute atomic E-state index is 0.00775. The number of hydrogen-bond acceptors (Lipinski definition) is 10. The number of fused-ring (bicyclic) bond motifs is 2. The minimum Gasteiger partial charge on any atom is -0.508 e. The van der Waals surface area contributed by atoms with Gasteiger partial charge in [-0.05, 0) is 41.5 Å². The molecule has 6 aromatic rings. The molecule has 0 radical (unpaired) electrons. The van der Waals surface area contributed by atoms with E-state index in [1.807, 2.05) is 0 Å². The van der Waals surface area contributed by atoms with Crippen molar-refractivity contribution in [2.75, 3.05) is 7.11 Å². The van der Waals surface area contributed by atoms with Gasteiger partial charge in [0, 0.05) is 18.2 Å². The first kappa shape index (κ1) is 26.7. The van der Waals surface area contributed by atoms with Gasteiger partial charge in [-0.15, -0.1) is 0 Å². The molecule has 0 fully saturated rings. The molecule has 206 valence electrons. The first-order valence-electron chi connectivity index (χ1n) is 12.0. The van der Waals surface area contributed by atoms with E-state index in [1.54, 1.807) is 24.3 Å². The molecule has 5 N–H and O–H groups in total. The normalized spacial score (nSPS) is 10.8. The summed E-state index contributed by atoms with van der Waals surface area (Å²) in [6.45, 7) is 0. The molecule has 41 heavy (non-hydrogen) atoms. The Hall–Kier alpha value is -5.90. The maximum Gasteiger partial charge on any atom is 0.204 e. The maximum absolute atomic E-state index is 12.5. The van der Waals surface area contributed by atoms with E-state index in [2.05, 4.69) is 0 Å². The van der Waals surface area contributed by atoms with Gasteiger partial charge in [-0.25, -0.2) is 0 Å². The molecule has 0 spiro atoms. The lowest BCUT2D eigenvalue weighted by Crippen LogP contribution is -2.05. The van der Waals surface area contributed by atoms with Crippen LogP contribution in [0, 0.1) is 0 Å². The molecule has 10 heteroatoms. The lowest BCUT2D eigenvalue weighted by Gasteiger charge is -2.06. The largest absolute Gasteiger partial charge is 0.508 e. The Bertz CT molecular complexity index is 2000. The molecule has 0 aliphatic rings. The summed E-state index contributed by atoms with van der Waals surface area (Å²) in [7, 11) is 1.41. The Balaban J connectivity index is 0.000000165. The highest BCUT2D eigenvalue weighted by atomic mass is 16.5. The number of rotatable bonds is 3. The molecule has 6 rings (SSSR count). The van der Waals surface area contributed by atoms with E-state index < -0.39 is 5.43 Å². The second-order valence-electron chi connectivity index (χ2n) is 8.91. The van der Waals surface area contributed by atoms with Crippen molar-refractivity contribution >= 4 is 21.9 Å². The molecule has 10 nitrogen and oxygen atoms in total. The zero-order valence-electron chi connectivity index (χ0n) is 21.4. The van der Waals surface area contributed by atoms with Crippen molar-refractivity contribution in [1.29, 1.82) is 0 Å². The molecule has 2 aromatic heterocycles. The van der Waals surface area contributed by atoms with Crippen LogP contribution < -0.4 is 15.6 Å². The van der Waals surface area contributed by atoms with Crippen molar-refractivity contribution in [3.05, 3.63) is 106 Å². The average molecular weight is 555 g/mol. The van der Waals surface area contributed by atoms with Crippen LogP contribution in [0.3, 0.4) is 0 Å². The molecule has 4 aromatic carbocycles. The molecule has 0 saturated carbocycles. The van der Waals surface area contributed by atoms with Gasteiger partial charge in [0.05, 0.1) is 23.6 Å². The van der Waals surface area contributed by atoms with Crippen LogP contribution >= 0.6 is 0 Å². The van der Waals surface area contributed by atoms with Crippen LogP contribution in [0.5, 0.6) is 34.5 Å². The van der Waals surface area contributed by atoms with E-state index in [0.29, 0.717) is 22.1 Å². The summed E-state index contributed by atoms with van der Waals surface area (Å²) in [6.07, 6.45) is 2.60. The number of phenolic OH excluding ortho intramolecular Hbond substituents is 5. The smallest absolute Gasteiger partial charge is 0.204 e. The number of ether oxygens (including phenoxy) is 1. The van der Waals surface area contributed by atoms with Crippen molar-refractivity contribution in [3.8, 4) is 56.8 Å². The zero-order valence-corrected chi connectivity index (χ0v) is 21.4. The fourth-order valence-electron chi connectivity index (χ4n) is 4.21. The summed E-state index contributed by atoms with van der Waals surface area (Å²) < 4.78 is 15.7. The van der Waals surface area contributed by atoms with E-state index in [1.165, 1.54) is 62.1 Å². The fourth-order valence-corrected chi connectivity index (χ4v) is 4.21. The van der Waals surface area contributed by atoms with Gasteiger partial charge in [0.2, 0.25) is 10.9 Å².